The highest BCUT2D eigenvalue weighted by Gasteiger charge is 2.31. The Morgan fingerprint density at radius 1 is 0.939 bits per heavy atom. The van der Waals surface area contributed by atoms with Gasteiger partial charge in [0.15, 0.2) is 0 Å². The van der Waals surface area contributed by atoms with Crippen LogP contribution in [-0.2, 0) is 14.3 Å². The second kappa shape index (κ2) is 11.0. The van der Waals surface area contributed by atoms with E-state index in [4.69, 9.17) is 9.84 Å². The number of benzene rings is 2. The lowest BCUT2D eigenvalue weighted by molar-refractivity contribution is -0.142. The average molecular weight is 455 g/mol. The van der Waals surface area contributed by atoms with Crippen LogP contribution in [0.15, 0.2) is 48.5 Å². The summed E-state index contributed by atoms with van der Waals surface area (Å²) < 4.78 is 5.52. The van der Waals surface area contributed by atoms with Crippen LogP contribution in [0.1, 0.15) is 43.7 Å². The highest BCUT2D eigenvalue weighted by atomic mass is 16.5. The summed E-state index contributed by atoms with van der Waals surface area (Å²) in [5.41, 5.74) is 4.39. The summed E-state index contributed by atoms with van der Waals surface area (Å²) >= 11 is 0. The number of carbonyl (C=O) groups is 3. The number of aliphatic carboxylic acids is 1. The van der Waals surface area contributed by atoms with Crippen molar-refractivity contribution < 1.29 is 29.3 Å². The minimum Gasteiger partial charge on any atom is -0.480 e. The number of rotatable bonds is 10. The summed E-state index contributed by atoms with van der Waals surface area (Å²) in [6, 6.07) is 13.8. The molecule has 0 bridgehead atoms. The Kier molecular flexibility index (Phi) is 8.06. The van der Waals surface area contributed by atoms with Gasteiger partial charge in [-0.15, -0.1) is 0 Å². The Morgan fingerprint density at radius 2 is 1.52 bits per heavy atom. The second-order valence-electron chi connectivity index (χ2n) is 8.56. The fraction of sp³-hybridized carbons (Fsp3) is 0.400. The van der Waals surface area contributed by atoms with E-state index in [0.717, 1.165) is 22.3 Å². The Labute approximate surface area is 193 Å². The van der Waals surface area contributed by atoms with Crippen molar-refractivity contribution in [1.82, 2.24) is 10.6 Å². The molecule has 33 heavy (non-hydrogen) atoms. The number of fused-ring (bicyclic) bond motifs is 3. The molecule has 2 aromatic rings. The van der Waals surface area contributed by atoms with E-state index in [1.54, 1.807) is 0 Å². The molecule has 1 aliphatic carbocycles. The first kappa shape index (κ1) is 24.3. The first-order chi connectivity index (χ1) is 15.8. The van der Waals surface area contributed by atoms with Crippen molar-refractivity contribution in [2.75, 3.05) is 13.2 Å². The molecule has 176 valence electrons. The SMILES string of the molecule is CC(C)CC(NC(=O)OCC1c2ccccc2-c2ccccc21)C(=O)NC(CCO)C(=O)O. The van der Waals surface area contributed by atoms with E-state index < -0.39 is 30.1 Å². The van der Waals surface area contributed by atoms with Crippen molar-refractivity contribution in [3.63, 3.8) is 0 Å². The first-order valence-electron chi connectivity index (χ1n) is 11.1. The van der Waals surface area contributed by atoms with Crippen molar-refractivity contribution in [2.45, 2.75) is 44.7 Å². The molecule has 0 saturated carbocycles. The number of aliphatic hydroxyl groups excluding tert-OH is 1. The van der Waals surface area contributed by atoms with Crippen molar-refractivity contribution in [3.05, 3.63) is 59.7 Å². The van der Waals surface area contributed by atoms with Crippen LogP contribution < -0.4 is 10.6 Å². The normalized spacial score (nSPS) is 14.2. The van der Waals surface area contributed by atoms with E-state index in [9.17, 15) is 19.5 Å². The van der Waals surface area contributed by atoms with Gasteiger partial charge in [0.05, 0.1) is 0 Å². The monoisotopic (exact) mass is 454 g/mol. The maximum atomic E-state index is 12.7. The molecule has 0 aromatic heterocycles. The predicted octanol–water partition coefficient (Wildman–Crippen LogP) is 2.89. The van der Waals surface area contributed by atoms with Gasteiger partial charge in [0.2, 0.25) is 5.91 Å². The minimum absolute atomic E-state index is 0.0655. The van der Waals surface area contributed by atoms with Crippen LogP contribution >= 0.6 is 0 Å². The van der Waals surface area contributed by atoms with Crippen LogP contribution in [0.3, 0.4) is 0 Å². The predicted molar refractivity (Wildman–Crippen MR) is 123 cm³/mol. The van der Waals surface area contributed by atoms with Gasteiger partial charge in [0, 0.05) is 18.9 Å². The zero-order valence-corrected chi connectivity index (χ0v) is 18.8. The smallest absolute Gasteiger partial charge is 0.407 e. The van der Waals surface area contributed by atoms with Gasteiger partial charge in [-0.05, 0) is 34.6 Å². The maximum Gasteiger partial charge on any atom is 0.407 e. The largest absolute Gasteiger partial charge is 0.480 e. The lowest BCUT2D eigenvalue weighted by Gasteiger charge is -2.23. The fourth-order valence-corrected chi connectivity index (χ4v) is 4.14. The standard InChI is InChI=1S/C25H30N2O6/c1-15(2)13-22(23(29)26-21(11-12-28)24(30)31)27-25(32)33-14-20-18-9-5-3-7-16(18)17-8-4-6-10-19(17)20/h3-10,15,20-22,28H,11-14H2,1-2H3,(H,26,29)(H,27,32)(H,30,31). The Balaban J connectivity index is 1.66. The fourth-order valence-electron chi connectivity index (χ4n) is 4.14. The number of carboxylic acid groups (broad SMARTS) is 1. The molecule has 2 amide bonds. The molecule has 1 aliphatic rings. The Bertz CT molecular complexity index is 960. The first-order valence-corrected chi connectivity index (χ1v) is 11.1. The summed E-state index contributed by atoms with van der Waals surface area (Å²) in [5.74, 6) is -1.92. The van der Waals surface area contributed by atoms with Crippen molar-refractivity contribution in [1.29, 1.82) is 0 Å². The summed E-state index contributed by atoms with van der Waals surface area (Å²) in [6.45, 7) is 3.51. The number of carbonyl (C=O) groups excluding carboxylic acids is 2. The van der Waals surface area contributed by atoms with E-state index in [0.29, 0.717) is 6.42 Å². The molecular formula is C25H30N2O6. The van der Waals surface area contributed by atoms with Gasteiger partial charge in [-0.1, -0.05) is 62.4 Å². The van der Waals surface area contributed by atoms with Crippen LogP contribution in [0.2, 0.25) is 0 Å². The lowest BCUT2D eigenvalue weighted by Crippen LogP contribution is -2.52. The van der Waals surface area contributed by atoms with Gasteiger partial charge in [0.25, 0.3) is 0 Å². The van der Waals surface area contributed by atoms with Gasteiger partial charge < -0.3 is 25.6 Å². The van der Waals surface area contributed by atoms with E-state index in [-0.39, 0.29) is 31.5 Å². The quantitative estimate of drug-likeness (QED) is 0.438. The van der Waals surface area contributed by atoms with Crippen molar-refractivity contribution in [2.24, 2.45) is 5.92 Å². The van der Waals surface area contributed by atoms with Crippen molar-refractivity contribution >= 4 is 18.0 Å². The van der Waals surface area contributed by atoms with Gasteiger partial charge in [0.1, 0.15) is 18.7 Å². The number of alkyl carbamates (subject to hydrolysis) is 1. The second-order valence-corrected chi connectivity index (χ2v) is 8.56. The minimum atomic E-state index is -1.25. The number of ether oxygens (including phenoxy) is 1. The molecule has 8 nitrogen and oxygen atoms in total. The molecule has 2 atom stereocenters. The summed E-state index contributed by atoms with van der Waals surface area (Å²) in [6.07, 6.45) is -0.561. The van der Waals surface area contributed by atoms with Gasteiger partial charge in [-0.25, -0.2) is 9.59 Å². The van der Waals surface area contributed by atoms with Crippen LogP contribution in [0.5, 0.6) is 0 Å². The third kappa shape index (κ3) is 5.90. The zero-order chi connectivity index (χ0) is 24.0. The summed E-state index contributed by atoms with van der Waals surface area (Å²) in [7, 11) is 0. The molecule has 0 heterocycles. The summed E-state index contributed by atoms with van der Waals surface area (Å²) in [5, 5.41) is 23.2. The maximum absolute atomic E-state index is 12.7. The Morgan fingerprint density at radius 3 is 2.03 bits per heavy atom. The van der Waals surface area contributed by atoms with Crippen LogP contribution in [0.4, 0.5) is 4.79 Å². The van der Waals surface area contributed by atoms with Gasteiger partial charge in [-0.2, -0.15) is 0 Å². The zero-order valence-electron chi connectivity index (χ0n) is 18.8. The number of nitrogens with one attached hydrogen (secondary N) is 2. The van der Waals surface area contributed by atoms with E-state index in [1.807, 2.05) is 62.4 Å². The number of carboxylic acids is 1. The number of hydrogen-bond donors (Lipinski definition) is 4. The molecule has 2 aromatic carbocycles. The van der Waals surface area contributed by atoms with E-state index >= 15 is 0 Å². The van der Waals surface area contributed by atoms with Crippen molar-refractivity contribution in [3.8, 4) is 11.1 Å². The highest BCUT2D eigenvalue weighted by Crippen LogP contribution is 2.44. The molecule has 0 aliphatic heterocycles. The molecule has 0 spiro atoms. The third-order valence-corrected chi connectivity index (χ3v) is 5.69. The molecule has 3 rings (SSSR count). The van der Waals surface area contributed by atoms with Gasteiger partial charge in [-0.3, -0.25) is 4.79 Å². The van der Waals surface area contributed by atoms with Crippen LogP contribution in [0.25, 0.3) is 11.1 Å². The number of amides is 2. The van der Waals surface area contributed by atoms with Gasteiger partial charge >= 0.3 is 12.1 Å². The molecule has 8 heteroatoms. The van der Waals surface area contributed by atoms with Crippen LogP contribution in [0, 0.1) is 5.92 Å². The molecule has 2 unspecified atom stereocenters. The number of aliphatic hydroxyl groups is 1. The molecule has 0 fully saturated rings. The Hall–Kier alpha value is -3.39. The molecular weight excluding hydrogens is 424 g/mol. The topological polar surface area (TPSA) is 125 Å². The van der Waals surface area contributed by atoms with E-state index in [2.05, 4.69) is 10.6 Å². The van der Waals surface area contributed by atoms with E-state index in [1.165, 1.54) is 0 Å². The number of hydrogen-bond acceptors (Lipinski definition) is 5. The van der Waals surface area contributed by atoms with Crippen LogP contribution in [-0.4, -0.2) is 53.5 Å². The molecule has 0 radical (unpaired) electrons. The molecule has 4 N–H and O–H groups in total. The lowest BCUT2D eigenvalue weighted by atomic mass is 9.98. The summed E-state index contributed by atoms with van der Waals surface area (Å²) in [4.78, 5) is 36.6. The molecule has 0 saturated heterocycles. The third-order valence-electron chi connectivity index (χ3n) is 5.69. The average Bonchev–Trinajstić information content (AvgIpc) is 3.10. The highest BCUT2D eigenvalue weighted by molar-refractivity contribution is 5.89.